The molecule has 1 N–H and O–H groups in total. The monoisotopic (exact) mass is 409 g/mol. The van der Waals surface area contributed by atoms with Crippen molar-refractivity contribution in [1.82, 2.24) is 14.9 Å². The predicted molar refractivity (Wildman–Crippen MR) is 78.6 cm³/mol. The van der Waals surface area contributed by atoms with Gasteiger partial charge in [0, 0.05) is 28.9 Å². The van der Waals surface area contributed by atoms with Crippen LogP contribution >= 0.6 is 22.6 Å². The average molecular weight is 409 g/mol. The molecule has 1 aromatic heterocycles. The number of aromatic nitrogens is 2. The second-order valence-corrected chi connectivity index (χ2v) is 5.32. The Hall–Kier alpha value is -1.58. The van der Waals surface area contributed by atoms with Crippen LogP contribution in [-0.2, 0) is 6.42 Å². The second kappa shape index (κ2) is 6.92. The van der Waals surface area contributed by atoms with Crippen LogP contribution in [0.1, 0.15) is 22.7 Å². The van der Waals surface area contributed by atoms with E-state index in [4.69, 9.17) is 0 Å². The Bertz CT molecular complexity index is 645. The van der Waals surface area contributed by atoms with Crippen LogP contribution in [-0.4, -0.2) is 22.0 Å². The molecule has 21 heavy (non-hydrogen) atoms. The van der Waals surface area contributed by atoms with Gasteiger partial charge in [-0.1, -0.05) is 0 Å². The summed E-state index contributed by atoms with van der Waals surface area (Å²) in [6.45, 7) is -2.49. The summed E-state index contributed by atoms with van der Waals surface area (Å²) in [4.78, 5) is 15.7. The Morgan fingerprint density at radius 1 is 1.43 bits per heavy atom. The normalized spacial score (nSPS) is 10.9. The van der Waals surface area contributed by atoms with Gasteiger partial charge in [-0.2, -0.15) is 8.78 Å². The molecule has 1 amide bonds. The van der Waals surface area contributed by atoms with E-state index in [-0.39, 0.29) is 24.7 Å². The summed E-state index contributed by atoms with van der Waals surface area (Å²) in [5, 5.41) is 2.60. The maximum Gasteiger partial charge on any atom is 0.319 e. The first-order valence-electron chi connectivity index (χ1n) is 6.02. The molecule has 2 aromatic rings. The van der Waals surface area contributed by atoms with E-state index >= 15 is 0 Å². The quantitative estimate of drug-likeness (QED) is 0.773. The highest BCUT2D eigenvalue weighted by Gasteiger charge is 2.13. The van der Waals surface area contributed by atoms with E-state index in [1.807, 2.05) is 22.6 Å². The Kier molecular flexibility index (Phi) is 5.21. The molecule has 2 rings (SSSR count). The molecular formula is C13H11F3IN3O. The van der Waals surface area contributed by atoms with Crippen molar-refractivity contribution in [2.24, 2.45) is 0 Å². The van der Waals surface area contributed by atoms with Gasteiger partial charge in [0.1, 0.15) is 11.6 Å². The third-order valence-electron chi connectivity index (χ3n) is 2.77. The van der Waals surface area contributed by atoms with E-state index < -0.39 is 12.4 Å². The fourth-order valence-corrected chi connectivity index (χ4v) is 2.49. The van der Waals surface area contributed by atoms with Crippen LogP contribution in [0.25, 0.3) is 0 Å². The Morgan fingerprint density at radius 3 is 2.86 bits per heavy atom. The number of carbonyl (C=O) groups is 1. The standard InChI is InChI=1S/C13H11F3IN3O/c14-8-1-2-9(10(17)7-8)12(21)19-4-3-11-18-5-6-20(11)13(15)16/h1-2,5-7,13H,3-4H2,(H,19,21). The first-order valence-corrected chi connectivity index (χ1v) is 7.10. The number of alkyl halides is 2. The average Bonchev–Trinajstić information content (AvgIpc) is 2.87. The molecule has 8 heteroatoms. The number of nitrogens with zero attached hydrogens (tertiary/aromatic N) is 2. The van der Waals surface area contributed by atoms with Crippen molar-refractivity contribution < 1.29 is 18.0 Å². The Balaban J connectivity index is 1.94. The SMILES string of the molecule is O=C(NCCc1nccn1C(F)F)c1ccc(F)cc1I. The first kappa shape index (κ1) is 15.8. The van der Waals surface area contributed by atoms with Gasteiger partial charge in [0.15, 0.2) is 0 Å². The molecule has 0 aliphatic heterocycles. The number of halogens is 4. The fourth-order valence-electron chi connectivity index (χ4n) is 1.77. The molecule has 0 saturated carbocycles. The van der Waals surface area contributed by atoms with Gasteiger partial charge in [-0.05, 0) is 40.8 Å². The summed E-state index contributed by atoms with van der Waals surface area (Å²) in [5.41, 5.74) is 0.342. The smallest absolute Gasteiger partial charge is 0.319 e. The van der Waals surface area contributed by atoms with E-state index in [0.29, 0.717) is 9.13 Å². The molecule has 0 radical (unpaired) electrons. The molecule has 112 valence electrons. The van der Waals surface area contributed by atoms with Crippen LogP contribution in [0.15, 0.2) is 30.6 Å². The zero-order valence-corrected chi connectivity index (χ0v) is 12.9. The molecule has 0 spiro atoms. The van der Waals surface area contributed by atoms with Crippen molar-refractivity contribution in [3.63, 3.8) is 0 Å². The molecule has 0 aliphatic rings. The van der Waals surface area contributed by atoms with Crippen LogP contribution in [0.4, 0.5) is 13.2 Å². The van der Waals surface area contributed by atoms with Crippen molar-refractivity contribution >= 4 is 28.5 Å². The topological polar surface area (TPSA) is 46.9 Å². The third-order valence-corrected chi connectivity index (χ3v) is 3.66. The molecule has 4 nitrogen and oxygen atoms in total. The second-order valence-electron chi connectivity index (χ2n) is 4.16. The lowest BCUT2D eigenvalue weighted by Crippen LogP contribution is -2.27. The Morgan fingerprint density at radius 2 is 2.19 bits per heavy atom. The highest BCUT2D eigenvalue weighted by molar-refractivity contribution is 14.1. The number of rotatable bonds is 5. The summed E-state index contributed by atoms with van der Waals surface area (Å²) in [6.07, 6.45) is 2.65. The predicted octanol–water partition coefficient (Wildman–Crippen LogP) is 2.99. The van der Waals surface area contributed by atoms with Crippen LogP contribution in [0, 0.1) is 9.39 Å². The van der Waals surface area contributed by atoms with E-state index in [0.717, 1.165) is 4.57 Å². The number of nitrogens with one attached hydrogen (secondary N) is 1. The van der Waals surface area contributed by atoms with Crippen LogP contribution in [0.3, 0.4) is 0 Å². The highest BCUT2D eigenvalue weighted by Crippen LogP contribution is 2.14. The lowest BCUT2D eigenvalue weighted by molar-refractivity contribution is 0.0670. The van der Waals surface area contributed by atoms with Gasteiger partial charge in [-0.25, -0.2) is 9.37 Å². The van der Waals surface area contributed by atoms with E-state index in [9.17, 15) is 18.0 Å². The minimum Gasteiger partial charge on any atom is -0.352 e. The molecule has 1 aromatic carbocycles. The van der Waals surface area contributed by atoms with E-state index in [2.05, 4.69) is 10.3 Å². The summed E-state index contributed by atoms with van der Waals surface area (Å²) in [6, 6.07) is 3.83. The summed E-state index contributed by atoms with van der Waals surface area (Å²) in [7, 11) is 0. The Labute approximate surface area is 132 Å². The van der Waals surface area contributed by atoms with Gasteiger partial charge in [0.05, 0.1) is 5.56 Å². The van der Waals surface area contributed by atoms with Crippen molar-refractivity contribution in [1.29, 1.82) is 0 Å². The lowest BCUT2D eigenvalue weighted by atomic mass is 10.2. The fraction of sp³-hybridized carbons (Fsp3) is 0.231. The number of amides is 1. The highest BCUT2D eigenvalue weighted by atomic mass is 127. The maximum absolute atomic E-state index is 13.0. The van der Waals surface area contributed by atoms with Gasteiger partial charge in [0.2, 0.25) is 0 Å². The molecule has 0 bridgehead atoms. The van der Waals surface area contributed by atoms with Crippen molar-refractivity contribution in [3.8, 4) is 0 Å². The summed E-state index contributed by atoms with van der Waals surface area (Å²) in [5.74, 6) is -0.608. The largest absolute Gasteiger partial charge is 0.352 e. The third kappa shape index (κ3) is 3.96. The molecule has 1 heterocycles. The van der Waals surface area contributed by atoms with E-state index in [1.165, 1.54) is 30.6 Å². The van der Waals surface area contributed by atoms with Gasteiger partial charge in [-0.3, -0.25) is 9.36 Å². The van der Waals surface area contributed by atoms with Crippen molar-refractivity contribution in [2.45, 2.75) is 13.0 Å². The van der Waals surface area contributed by atoms with Crippen molar-refractivity contribution in [3.05, 3.63) is 51.4 Å². The minimum atomic E-state index is -2.66. The van der Waals surface area contributed by atoms with Gasteiger partial charge in [0.25, 0.3) is 5.91 Å². The summed E-state index contributed by atoms with van der Waals surface area (Å²) >= 11 is 1.86. The van der Waals surface area contributed by atoms with Crippen LogP contribution in [0.2, 0.25) is 0 Å². The van der Waals surface area contributed by atoms with Crippen LogP contribution in [0.5, 0.6) is 0 Å². The molecule has 0 aliphatic carbocycles. The zero-order chi connectivity index (χ0) is 15.4. The molecule has 0 saturated heterocycles. The number of hydrogen-bond acceptors (Lipinski definition) is 2. The number of benzene rings is 1. The van der Waals surface area contributed by atoms with E-state index in [1.54, 1.807) is 0 Å². The van der Waals surface area contributed by atoms with Gasteiger partial charge >= 0.3 is 6.55 Å². The van der Waals surface area contributed by atoms with Gasteiger partial charge in [-0.15, -0.1) is 0 Å². The molecule has 0 atom stereocenters. The lowest BCUT2D eigenvalue weighted by Gasteiger charge is -2.08. The van der Waals surface area contributed by atoms with Gasteiger partial charge < -0.3 is 5.32 Å². The zero-order valence-electron chi connectivity index (χ0n) is 10.7. The number of hydrogen-bond donors (Lipinski definition) is 1. The van der Waals surface area contributed by atoms with Crippen molar-refractivity contribution in [2.75, 3.05) is 6.54 Å². The first-order chi connectivity index (χ1) is 9.99. The summed E-state index contributed by atoms with van der Waals surface area (Å²) < 4.78 is 39.4. The molecule has 0 fully saturated rings. The molecular weight excluding hydrogens is 398 g/mol. The number of carbonyl (C=O) groups excluding carboxylic acids is 1. The maximum atomic E-state index is 13.0. The number of imidazole rings is 1. The van der Waals surface area contributed by atoms with Crippen LogP contribution < -0.4 is 5.32 Å². The molecule has 0 unspecified atom stereocenters. The minimum absolute atomic E-state index is 0.163.